The zero-order chi connectivity index (χ0) is 52.9. The highest BCUT2D eigenvalue weighted by Gasteiger charge is 2.61. The van der Waals surface area contributed by atoms with Crippen molar-refractivity contribution in [2.75, 3.05) is 20.3 Å². The largest absolute Gasteiger partial charge is 0.497 e. The molecule has 0 bridgehead atoms. The predicted octanol–water partition coefficient (Wildman–Crippen LogP) is 3.66. The number of unbranched alkanes of at least 4 members (excludes halogenated alkanes) is 1. The Morgan fingerprint density at radius 2 is 1.45 bits per heavy atom. The van der Waals surface area contributed by atoms with Crippen LogP contribution in [-0.4, -0.2) is 119 Å². The van der Waals surface area contributed by atoms with E-state index >= 15 is 0 Å². The Hall–Kier alpha value is -8.00. The molecule has 6 heterocycles. The van der Waals surface area contributed by atoms with Gasteiger partial charge in [0.2, 0.25) is 0 Å². The molecule has 0 unspecified atom stereocenters. The number of hydrogen-bond acceptors (Lipinski definition) is 15. The number of oxime groups is 2. The molecule has 0 spiro atoms. The van der Waals surface area contributed by atoms with Crippen LogP contribution in [0.5, 0.6) is 11.5 Å². The number of terminal acetylenes is 1. The molecule has 4 aliphatic heterocycles. The molecule has 4 fully saturated rings. The van der Waals surface area contributed by atoms with Crippen molar-refractivity contribution in [3.05, 3.63) is 163 Å². The van der Waals surface area contributed by atoms with E-state index in [2.05, 4.69) is 21.3 Å². The van der Waals surface area contributed by atoms with Crippen molar-refractivity contribution in [2.45, 2.75) is 106 Å². The standard InChI is InChI=1S/C56H56N8O13/c1-3-4-8-29-72-59-46-40-26-28-61-55(69)63(56(70)64(61)47(40)48(66)52-51(46)77-52)37-17-13-33(14-18-37)32-11-15-36(16-12-32)62-53(67)57-60(54(62)68)27-25-35-30-41(65)49-50(76-49)45(35)58-73-31-44-43(74-39-21-19-38(71-2)20-22-39)24-23-42(75-44)34-9-6-5-7-10-34/h1,5-7,9-24,35,40-44,47-52,65-66H,4,8,25-31H2,2H3,(H,57,67)/b58-45-,59-46-/t35-,40+,41-,42-,43-,44+,47+,48-,49-,50+,51+,52-/m0/s1. The zero-order valence-electron chi connectivity index (χ0n) is 41.9. The van der Waals surface area contributed by atoms with Crippen LogP contribution in [-0.2, 0) is 37.0 Å². The minimum absolute atomic E-state index is 0.0394. The Bertz CT molecular complexity index is 3510. The lowest BCUT2D eigenvalue weighted by atomic mass is 9.78. The summed E-state index contributed by atoms with van der Waals surface area (Å²) in [4.78, 5) is 66.8. The van der Waals surface area contributed by atoms with Gasteiger partial charge in [0.15, 0.2) is 0 Å². The number of methoxy groups -OCH3 is 1. The van der Waals surface area contributed by atoms with Crippen molar-refractivity contribution in [3.8, 4) is 46.3 Å². The van der Waals surface area contributed by atoms with Crippen molar-refractivity contribution >= 4 is 11.4 Å². The van der Waals surface area contributed by atoms with Gasteiger partial charge in [-0.15, -0.1) is 12.3 Å². The number of aromatic amines is 1. The van der Waals surface area contributed by atoms with Crippen LogP contribution in [0.4, 0.5) is 0 Å². The van der Waals surface area contributed by atoms with Gasteiger partial charge in [-0.3, -0.25) is 0 Å². The number of ether oxygens (including phenoxy) is 5. The minimum atomic E-state index is -1.03. The SMILES string of the molecule is C#CCCCO/N=C1/[C@H]2CCn3c(=O)n(-c4ccc(-c5ccc(-n6c(=O)[nH]n(CC[C@H]7C[C@H](O)[C@@H]8O[C@@H]8/C7=N\OC[C@H]7O[C@H](c8ccccc8)C=C[C@@H]7Oc7ccc(OC)cc7)c6=O)cc5)cc4)c(=O)n3[C@H]2[C@H](O)[C@@H]2O[C@H]12. The Morgan fingerprint density at radius 3 is 2.18 bits per heavy atom. The molecule has 77 heavy (non-hydrogen) atoms. The van der Waals surface area contributed by atoms with Crippen molar-refractivity contribution < 1.29 is 43.6 Å². The van der Waals surface area contributed by atoms with E-state index in [0.29, 0.717) is 73.0 Å². The topological polar surface area (TPSA) is 245 Å². The van der Waals surface area contributed by atoms with Crippen LogP contribution >= 0.6 is 0 Å². The van der Waals surface area contributed by atoms with Crippen molar-refractivity contribution in [1.29, 1.82) is 0 Å². The third-order valence-corrected chi connectivity index (χ3v) is 15.3. The summed E-state index contributed by atoms with van der Waals surface area (Å²) in [5, 5.41) is 33.9. The van der Waals surface area contributed by atoms with Crippen LogP contribution in [0.25, 0.3) is 22.5 Å². The van der Waals surface area contributed by atoms with Crippen LogP contribution in [0.3, 0.4) is 0 Å². The predicted molar refractivity (Wildman–Crippen MR) is 279 cm³/mol. The third kappa shape index (κ3) is 9.56. The zero-order valence-corrected chi connectivity index (χ0v) is 41.9. The molecule has 4 aromatic carbocycles. The van der Waals surface area contributed by atoms with E-state index in [1.807, 2.05) is 66.7 Å². The summed E-state index contributed by atoms with van der Waals surface area (Å²) in [6.45, 7) is 0.699. The van der Waals surface area contributed by atoms with Crippen molar-refractivity contribution in [3.63, 3.8) is 0 Å². The number of epoxide rings is 2. The van der Waals surface area contributed by atoms with Gasteiger partial charge in [0.05, 0.1) is 42.1 Å². The number of aryl methyl sites for hydroxylation is 1. The Morgan fingerprint density at radius 1 is 0.766 bits per heavy atom. The molecule has 398 valence electrons. The summed E-state index contributed by atoms with van der Waals surface area (Å²) in [7, 11) is 1.60. The first-order chi connectivity index (χ1) is 37.6. The molecule has 3 N–H and O–H groups in total. The second-order valence-electron chi connectivity index (χ2n) is 20.0. The molecule has 21 nitrogen and oxygen atoms in total. The third-order valence-electron chi connectivity index (χ3n) is 15.3. The quantitative estimate of drug-likeness (QED) is 0.0389. The van der Waals surface area contributed by atoms with Gasteiger partial charge >= 0.3 is 22.8 Å². The fourth-order valence-electron chi connectivity index (χ4n) is 11.3. The second-order valence-corrected chi connectivity index (χ2v) is 20.0. The summed E-state index contributed by atoms with van der Waals surface area (Å²) >= 11 is 0. The Balaban J connectivity index is 0.712. The molecule has 12 rings (SSSR count). The summed E-state index contributed by atoms with van der Waals surface area (Å²) in [6.07, 6.45) is 6.56. The first kappa shape index (κ1) is 49.9. The maximum absolute atomic E-state index is 14.1. The minimum Gasteiger partial charge on any atom is -0.497 e. The van der Waals surface area contributed by atoms with Gasteiger partial charge < -0.3 is 43.6 Å². The molecule has 6 aromatic rings. The smallest absolute Gasteiger partial charge is 0.352 e. The number of nitrogens with one attached hydrogen (secondary N) is 1. The Kier molecular flexibility index (Phi) is 13.5. The molecule has 0 amide bonds. The highest BCUT2D eigenvalue weighted by atomic mass is 16.7. The number of aliphatic hydroxyl groups is 2. The molecule has 0 radical (unpaired) electrons. The monoisotopic (exact) mass is 1050 g/mol. The van der Waals surface area contributed by atoms with E-state index in [4.69, 9.17) is 39.8 Å². The highest BCUT2D eigenvalue weighted by Crippen LogP contribution is 2.46. The van der Waals surface area contributed by atoms with E-state index in [9.17, 15) is 29.4 Å². The molecule has 6 aliphatic rings. The van der Waals surface area contributed by atoms with Crippen LogP contribution < -0.4 is 32.2 Å². The van der Waals surface area contributed by atoms with Gasteiger partial charge in [-0.25, -0.2) is 47.5 Å². The first-order valence-electron chi connectivity index (χ1n) is 25.9. The highest BCUT2D eigenvalue weighted by molar-refractivity contribution is 5.95. The van der Waals surface area contributed by atoms with E-state index < -0.39 is 77.6 Å². The average molecular weight is 1050 g/mol. The molecule has 12 atom stereocenters. The van der Waals surface area contributed by atoms with E-state index in [-0.39, 0.29) is 37.6 Å². The van der Waals surface area contributed by atoms with E-state index in [0.717, 1.165) is 25.8 Å². The Labute approximate surface area is 439 Å². The molecular formula is C56H56N8O13. The second kappa shape index (κ2) is 20.8. The summed E-state index contributed by atoms with van der Waals surface area (Å²) in [5.41, 5.74) is 2.05. The number of rotatable bonds is 17. The van der Waals surface area contributed by atoms with Crippen LogP contribution in [0.15, 0.2) is 145 Å². The van der Waals surface area contributed by atoms with Gasteiger partial charge in [-0.1, -0.05) is 71.0 Å². The lowest BCUT2D eigenvalue weighted by Gasteiger charge is -2.38. The maximum Gasteiger partial charge on any atom is 0.352 e. The van der Waals surface area contributed by atoms with Gasteiger partial charge in [0.1, 0.15) is 73.5 Å². The van der Waals surface area contributed by atoms with Crippen molar-refractivity contribution in [2.24, 2.45) is 22.1 Å². The van der Waals surface area contributed by atoms with Gasteiger partial charge in [-0.05, 0) is 97.0 Å². The molecule has 2 aliphatic carbocycles. The van der Waals surface area contributed by atoms with Gasteiger partial charge in [0.25, 0.3) is 0 Å². The molecular weight excluding hydrogens is 993 g/mol. The first-order valence-corrected chi connectivity index (χ1v) is 25.9. The number of nitrogens with zero attached hydrogens (tertiary/aromatic N) is 7. The number of fused-ring (bicyclic) bond motifs is 5. The number of aromatic nitrogens is 6. The van der Waals surface area contributed by atoms with Gasteiger partial charge in [0, 0.05) is 31.3 Å². The lowest BCUT2D eigenvalue weighted by molar-refractivity contribution is -0.0881. The van der Waals surface area contributed by atoms with Gasteiger partial charge in [-0.2, -0.15) is 0 Å². The number of hydrogen-bond donors (Lipinski definition) is 3. The van der Waals surface area contributed by atoms with Crippen LogP contribution in [0, 0.1) is 24.2 Å². The van der Waals surface area contributed by atoms with E-state index in [1.165, 1.54) is 14.0 Å². The average Bonchev–Trinajstić information content (AvgIpc) is 4.58. The normalized spacial score (nSPS) is 28.6. The number of benzene rings is 4. The molecule has 2 aromatic heterocycles. The fraction of sp³-hybridized carbons (Fsp3) is 0.393. The molecule has 21 heteroatoms. The molecule has 2 saturated heterocycles. The fourth-order valence-corrected chi connectivity index (χ4v) is 11.3. The maximum atomic E-state index is 14.1. The van der Waals surface area contributed by atoms with E-state index in [1.54, 1.807) is 55.6 Å². The van der Waals surface area contributed by atoms with Crippen molar-refractivity contribution in [1.82, 2.24) is 28.3 Å². The lowest BCUT2D eigenvalue weighted by Crippen LogP contribution is -2.53. The summed E-state index contributed by atoms with van der Waals surface area (Å²) in [6, 6.07) is 30.1. The van der Waals surface area contributed by atoms with Crippen LogP contribution in [0.2, 0.25) is 0 Å². The number of H-pyrrole nitrogens is 1. The summed E-state index contributed by atoms with van der Waals surface area (Å²) < 4.78 is 35.9. The van der Waals surface area contributed by atoms with Crippen LogP contribution in [0.1, 0.15) is 49.8 Å². The summed E-state index contributed by atoms with van der Waals surface area (Å²) in [5.74, 6) is 3.18. The molecule has 2 saturated carbocycles. The number of aliphatic hydroxyl groups excluding tert-OH is 2.